The van der Waals surface area contributed by atoms with E-state index in [9.17, 15) is 13.5 Å². The summed E-state index contributed by atoms with van der Waals surface area (Å²) in [7, 11) is -0.483. The third-order valence-electron chi connectivity index (χ3n) is 2.84. The highest BCUT2D eigenvalue weighted by molar-refractivity contribution is 7.89. The fraction of sp³-hybridized carbons (Fsp3) is 0.250. The zero-order valence-corrected chi connectivity index (χ0v) is 11.5. The summed E-state index contributed by atoms with van der Waals surface area (Å²) in [5, 5.41) is 9.65. The van der Waals surface area contributed by atoms with Crippen molar-refractivity contribution in [2.24, 2.45) is 7.05 Å². The molecule has 0 spiro atoms. The van der Waals surface area contributed by atoms with Crippen LogP contribution in [0.15, 0.2) is 41.6 Å². The second-order valence-corrected chi connectivity index (χ2v) is 6.20. The number of phenolic OH excluding ortho intramolecular Hbond substituents is 1. The predicted octanol–water partition coefficient (Wildman–Crippen LogP) is 0.946. The van der Waals surface area contributed by atoms with Crippen LogP contribution in [-0.2, 0) is 23.6 Å². The third-order valence-corrected chi connectivity index (χ3v) is 4.69. The van der Waals surface area contributed by atoms with Crippen LogP contribution in [0.5, 0.6) is 5.75 Å². The van der Waals surface area contributed by atoms with Crippen LogP contribution in [0.3, 0.4) is 0 Å². The molecule has 0 atom stereocenters. The molecule has 0 aliphatic rings. The van der Waals surface area contributed by atoms with Crippen molar-refractivity contribution in [3.05, 3.63) is 42.5 Å². The monoisotopic (exact) mass is 281 g/mol. The lowest BCUT2D eigenvalue weighted by atomic mass is 10.3. The van der Waals surface area contributed by atoms with Crippen molar-refractivity contribution < 1.29 is 13.5 Å². The summed E-state index contributed by atoms with van der Waals surface area (Å²) in [5.41, 5.74) is 0. The molecule has 7 heteroatoms. The number of hydrogen-bond donors (Lipinski definition) is 1. The summed E-state index contributed by atoms with van der Waals surface area (Å²) in [6.45, 7) is 0.139. The summed E-state index contributed by atoms with van der Waals surface area (Å²) in [5.74, 6) is 0.371. The first-order chi connectivity index (χ1) is 8.93. The highest BCUT2D eigenvalue weighted by atomic mass is 32.2. The second kappa shape index (κ2) is 5.02. The Morgan fingerprint density at radius 2 is 2.05 bits per heavy atom. The summed E-state index contributed by atoms with van der Waals surface area (Å²) < 4.78 is 27.5. The van der Waals surface area contributed by atoms with Crippen molar-refractivity contribution in [2.45, 2.75) is 11.4 Å². The largest absolute Gasteiger partial charge is 0.507 e. The van der Waals surface area contributed by atoms with E-state index in [1.54, 1.807) is 36.1 Å². The first-order valence-corrected chi connectivity index (χ1v) is 7.07. The predicted molar refractivity (Wildman–Crippen MR) is 70.0 cm³/mol. The van der Waals surface area contributed by atoms with Gasteiger partial charge in [-0.1, -0.05) is 12.1 Å². The third kappa shape index (κ3) is 2.61. The van der Waals surface area contributed by atoms with Gasteiger partial charge in [0.1, 0.15) is 16.5 Å². The van der Waals surface area contributed by atoms with Crippen molar-refractivity contribution in [3.63, 3.8) is 0 Å². The van der Waals surface area contributed by atoms with Gasteiger partial charge in [0.15, 0.2) is 0 Å². The van der Waals surface area contributed by atoms with Crippen LogP contribution in [0.2, 0.25) is 0 Å². The van der Waals surface area contributed by atoms with E-state index >= 15 is 0 Å². The van der Waals surface area contributed by atoms with E-state index in [1.807, 2.05) is 0 Å². The molecule has 1 N–H and O–H groups in total. The molecule has 0 aliphatic heterocycles. The van der Waals surface area contributed by atoms with Crippen molar-refractivity contribution in [1.29, 1.82) is 0 Å². The Hall–Kier alpha value is -1.86. The molecule has 2 rings (SSSR count). The van der Waals surface area contributed by atoms with Gasteiger partial charge in [0, 0.05) is 26.5 Å². The Kier molecular flexibility index (Phi) is 3.59. The zero-order chi connectivity index (χ0) is 14.0. The molecule has 1 aromatic heterocycles. The molecule has 19 heavy (non-hydrogen) atoms. The Balaban J connectivity index is 2.30. The standard InChI is InChI=1S/C12H15N3O3S/c1-14-8-7-13-12(14)9-15(2)19(17,18)11-6-4-3-5-10(11)16/h3-8,16H,9H2,1-2H3. The van der Waals surface area contributed by atoms with Crippen molar-refractivity contribution in [3.8, 4) is 5.75 Å². The normalized spacial score (nSPS) is 11.9. The molecule has 0 radical (unpaired) electrons. The van der Waals surface area contributed by atoms with E-state index < -0.39 is 10.0 Å². The molecule has 0 aliphatic carbocycles. The average molecular weight is 281 g/mol. The number of sulfonamides is 1. The first-order valence-electron chi connectivity index (χ1n) is 5.63. The quantitative estimate of drug-likeness (QED) is 0.905. The smallest absolute Gasteiger partial charge is 0.246 e. The zero-order valence-electron chi connectivity index (χ0n) is 10.7. The van der Waals surface area contributed by atoms with Crippen LogP contribution in [0.25, 0.3) is 0 Å². The molecule has 0 fully saturated rings. The van der Waals surface area contributed by atoms with Gasteiger partial charge < -0.3 is 9.67 Å². The first kappa shape index (κ1) is 13.6. The van der Waals surface area contributed by atoms with Gasteiger partial charge in [0.05, 0.1) is 6.54 Å². The highest BCUT2D eigenvalue weighted by Gasteiger charge is 2.24. The summed E-state index contributed by atoms with van der Waals surface area (Å²) in [6.07, 6.45) is 3.35. The number of para-hydroxylation sites is 1. The summed E-state index contributed by atoms with van der Waals surface area (Å²) in [6, 6.07) is 5.87. The van der Waals surface area contributed by atoms with Crippen molar-refractivity contribution >= 4 is 10.0 Å². The van der Waals surface area contributed by atoms with E-state index in [1.165, 1.54) is 19.2 Å². The van der Waals surface area contributed by atoms with E-state index in [2.05, 4.69) is 4.98 Å². The Bertz CT molecular complexity index is 679. The number of phenols is 1. The summed E-state index contributed by atoms with van der Waals surface area (Å²) in [4.78, 5) is 3.97. The molecule has 0 saturated carbocycles. The second-order valence-electron chi connectivity index (χ2n) is 4.18. The van der Waals surface area contributed by atoms with Gasteiger partial charge in [0.25, 0.3) is 0 Å². The van der Waals surface area contributed by atoms with Crippen LogP contribution in [0.4, 0.5) is 0 Å². The van der Waals surface area contributed by atoms with E-state index in [-0.39, 0.29) is 17.2 Å². The molecule has 1 heterocycles. The molecule has 2 aromatic rings. The number of imidazole rings is 1. The fourth-order valence-electron chi connectivity index (χ4n) is 1.68. The Morgan fingerprint density at radius 1 is 1.37 bits per heavy atom. The molecule has 0 unspecified atom stereocenters. The van der Waals surface area contributed by atoms with Gasteiger partial charge in [-0.05, 0) is 12.1 Å². The van der Waals surface area contributed by atoms with Crippen LogP contribution < -0.4 is 0 Å². The Labute approximate surface area is 112 Å². The molecular formula is C12H15N3O3S. The van der Waals surface area contributed by atoms with Crippen LogP contribution in [0, 0.1) is 0 Å². The molecule has 1 aromatic carbocycles. The van der Waals surface area contributed by atoms with E-state index in [0.29, 0.717) is 5.82 Å². The number of benzene rings is 1. The molecule has 102 valence electrons. The number of nitrogens with zero attached hydrogens (tertiary/aromatic N) is 3. The summed E-state index contributed by atoms with van der Waals surface area (Å²) >= 11 is 0. The molecule has 0 saturated heterocycles. The minimum atomic E-state index is -3.73. The highest BCUT2D eigenvalue weighted by Crippen LogP contribution is 2.24. The maximum atomic E-state index is 12.3. The van der Waals surface area contributed by atoms with Crippen molar-refractivity contribution in [1.82, 2.24) is 13.9 Å². The minimum absolute atomic E-state index is 0.105. The van der Waals surface area contributed by atoms with Gasteiger partial charge in [-0.15, -0.1) is 0 Å². The topological polar surface area (TPSA) is 75.4 Å². The lowest BCUT2D eigenvalue weighted by Gasteiger charge is -2.17. The lowest BCUT2D eigenvalue weighted by Crippen LogP contribution is -2.27. The van der Waals surface area contributed by atoms with Gasteiger partial charge in [0.2, 0.25) is 10.0 Å². The van der Waals surface area contributed by atoms with Gasteiger partial charge in [-0.2, -0.15) is 4.31 Å². The van der Waals surface area contributed by atoms with Crippen LogP contribution >= 0.6 is 0 Å². The SMILES string of the molecule is CN(Cc1nccn1C)S(=O)(=O)c1ccccc1O. The molecule has 0 amide bonds. The lowest BCUT2D eigenvalue weighted by molar-refractivity contribution is 0.432. The maximum Gasteiger partial charge on any atom is 0.246 e. The van der Waals surface area contributed by atoms with Gasteiger partial charge in [-0.25, -0.2) is 13.4 Å². The molecular weight excluding hydrogens is 266 g/mol. The number of aromatic nitrogens is 2. The van der Waals surface area contributed by atoms with E-state index in [0.717, 1.165) is 4.31 Å². The van der Waals surface area contributed by atoms with E-state index in [4.69, 9.17) is 0 Å². The van der Waals surface area contributed by atoms with Gasteiger partial charge >= 0.3 is 0 Å². The maximum absolute atomic E-state index is 12.3. The average Bonchev–Trinajstić information content (AvgIpc) is 2.75. The molecule has 6 nitrogen and oxygen atoms in total. The number of aromatic hydroxyl groups is 1. The number of hydrogen-bond acceptors (Lipinski definition) is 4. The van der Waals surface area contributed by atoms with Crippen LogP contribution in [-0.4, -0.2) is 34.4 Å². The fourth-order valence-corrected chi connectivity index (χ4v) is 2.88. The van der Waals surface area contributed by atoms with Crippen molar-refractivity contribution in [2.75, 3.05) is 7.05 Å². The number of rotatable bonds is 4. The Morgan fingerprint density at radius 3 is 2.63 bits per heavy atom. The number of aryl methyl sites for hydroxylation is 1. The van der Waals surface area contributed by atoms with Gasteiger partial charge in [-0.3, -0.25) is 0 Å². The molecule has 0 bridgehead atoms. The minimum Gasteiger partial charge on any atom is -0.507 e. The van der Waals surface area contributed by atoms with Crippen LogP contribution in [0.1, 0.15) is 5.82 Å².